The molecule has 1 saturated heterocycles. The molecule has 5 nitrogen and oxygen atoms in total. The lowest BCUT2D eigenvalue weighted by molar-refractivity contribution is -0.121. The topological polar surface area (TPSA) is 59.4 Å². The fourth-order valence-electron chi connectivity index (χ4n) is 3.25. The fraction of sp³-hybridized carbons (Fsp3) is 0.333. The zero-order valence-electron chi connectivity index (χ0n) is 15.4. The third kappa shape index (κ3) is 5.08. The maximum Gasteiger partial charge on any atom is 0.241 e. The van der Waals surface area contributed by atoms with Crippen LogP contribution in [0.1, 0.15) is 18.1 Å². The molecule has 3 rings (SSSR count). The van der Waals surface area contributed by atoms with Crippen LogP contribution in [0.5, 0.6) is 0 Å². The Morgan fingerprint density at radius 2 is 1.81 bits per heavy atom. The van der Waals surface area contributed by atoms with Crippen molar-refractivity contribution in [3.63, 3.8) is 0 Å². The molecule has 1 aliphatic heterocycles. The summed E-state index contributed by atoms with van der Waals surface area (Å²) < 4.78 is 0. The van der Waals surface area contributed by atoms with Gasteiger partial charge in [-0.2, -0.15) is 5.26 Å². The number of halogens is 1. The van der Waals surface area contributed by atoms with Gasteiger partial charge < -0.3 is 5.32 Å². The predicted molar refractivity (Wildman–Crippen MR) is 108 cm³/mol. The number of amides is 1. The standard InChI is InChI=1S/C21H23ClN4O/c1-16(21(27)24-20-5-3-2-4-18(20)14-23)26-12-10-25(11-13-26)15-17-6-8-19(22)9-7-17/h2-9,16H,10-13,15H2,1H3,(H,24,27)/t16-/m0/s1. The van der Waals surface area contributed by atoms with Crippen molar-refractivity contribution in [3.05, 3.63) is 64.7 Å². The quantitative estimate of drug-likeness (QED) is 0.861. The molecule has 1 aliphatic rings. The van der Waals surface area contributed by atoms with E-state index in [1.807, 2.05) is 25.1 Å². The van der Waals surface area contributed by atoms with Crippen molar-refractivity contribution >= 4 is 23.2 Å². The highest BCUT2D eigenvalue weighted by molar-refractivity contribution is 6.30. The third-order valence-corrected chi connectivity index (χ3v) is 5.21. The van der Waals surface area contributed by atoms with Gasteiger partial charge in [-0.15, -0.1) is 0 Å². The number of benzene rings is 2. The van der Waals surface area contributed by atoms with E-state index in [1.165, 1.54) is 5.56 Å². The summed E-state index contributed by atoms with van der Waals surface area (Å²) in [6.45, 7) is 6.30. The van der Waals surface area contributed by atoms with Gasteiger partial charge in [0.25, 0.3) is 0 Å². The van der Waals surface area contributed by atoms with Gasteiger partial charge in [0.05, 0.1) is 17.3 Å². The third-order valence-electron chi connectivity index (χ3n) is 4.96. The number of nitriles is 1. The summed E-state index contributed by atoms with van der Waals surface area (Å²) in [5.74, 6) is -0.0798. The van der Waals surface area contributed by atoms with Gasteiger partial charge in [0.15, 0.2) is 0 Å². The van der Waals surface area contributed by atoms with Crippen molar-refractivity contribution in [3.8, 4) is 6.07 Å². The smallest absolute Gasteiger partial charge is 0.241 e. The Labute approximate surface area is 165 Å². The van der Waals surface area contributed by atoms with Crippen LogP contribution in [0.3, 0.4) is 0 Å². The zero-order chi connectivity index (χ0) is 19.2. The zero-order valence-corrected chi connectivity index (χ0v) is 16.1. The molecule has 6 heteroatoms. The average Bonchev–Trinajstić information content (AvgIpc) is 2.70. The van der Waals surface area contributed by atoms with Crippen molar-refractivity contribution < 1.29 is 4.79 Å². The molecule has 1 heterocycles. The summed E-state index contributed by atoms with van der Waals surface area (Å²) in [6.07, 6.45) is 0. The molecule has 0 bridgehead atoms. The number of anilines is 1. The van der Waals surface area contributed by atoms with Crippen LogP contribution in [0.4, 0.5) is 5.69 Å². The maximum atomic E-state index is 12.6. The van der Waals surface area contributed by atoms with Gasteiger partial charge in [-0.25, -0.2) is 0 Å². The number of para-hydroxylation sites is 1. The van der Waals surface area contributed by atoms with Crippen LogP contribution in [0.2, 0.25) is 5.02 Å². The summed E-state index contributed by atoms with van der Waals surface area (Å²) >= 11 is 5.94. The summed E-state index contributed by atoms with van der Waals surface area (Å²) in [5.41, 5.74) is 2.29. The molecule has 0 unspecified atom stereocenters. The van der Waals surface area contributed by atoms with E-state index < -0.39 is 0 Å². The number of carbonyl (C=O) groups is 1. The molecule has 0 aliphatic carbocycles. The number of carbonyl (C=O) groups excluding carboxylic acids is 1. The van der Waals surface area contributed by atoms with Crippen LogP contribution < -0.4 is 5.32 Å². The number of hydrogen-bond acceptors (Lipinski definition) is 4. The fourth-order valence-corrected chi connectivity index (χ4v) is 3.38. The van der Waals surface area contributed by atoms with Gasteiger partial charge in [-0.1, -0.05) is 35.9 Å². The number of piperazine rings is 1. The minimum absolute atomic E-state index is 0.0798. The SMILES string of the molecule is C[C@@H](C(=O)Nc1ccccc1C#N)N1CCN(Cc2ccc(Cl)cc2)CC1. The van der Waals surface area contributed by atoms with E-state index >= 15 is 0 Å². The second kappa shape index (κ2) is 9.01. The Hall–Kier alpha value is -2.39. The number of nitrogens with one attached hydrogen (secondary N) is 1. The van der Waals surface area contributed by atoms with Gasteiger partial charge in [0.1, 0.15) is 6.07 Å². The lowest BCUT2D eigenvalue weighted by Crippen LogP contribution is -2.52. The molecule has 2 aromatic rings. The highest BCUT2D eigenvalue weighted by Gasteiger charge is 2.26. The van der Waals surface area contributed by atoms with Crippen LogP contribution in [0, 0.1) is 11.3 Å². The summed E-state index contributed by atoms with van der Waals surface area (Å²) in [7, 11) is 0. The lowest BCUT2D eigenvalue weighted by atomic mass is 10.1. The van der Waals surface area contributed by atoms with Crippen molar-refractivity contribution in [1.29, 1.82) is 5.26 Å². The van der Waals surface area contributed by atoms with E-state index in [0.717, 1.165) is 37.7 Å². The molecule has 1 atom stereocenters. The first-order chi connectivity index (χ1) is 13.1. The Morgan fingerprint density at radius 3 is 2.48 bits per heavy atom. The molecule has 0 aromatic heterocycles. The number of hydrogen-bond donors (Lipinski definition) is 1. The minimum atomic E-state index is -0.241. The van der Waals surface area contributed by atoms with E-state index in [1.54, 1.807) is 18.2 Å². The molecule has 1 N–H and O–H groups in total. The van der Waals surface area contributed by atoms with E-state index in [-0.39, 0.29) is 11.9 Å². The normalized spacial score (nSPS) is 16.5. The first kappa shape index (κ1) is 19.4. The van der Waals surface area contributed by atoms with Crippen molar-refractivity contribution in [2.45, 2.75) is 19.5 Å². The van der Waals surface area contributed by atoms with Gasteiger partial charge in [-0.3, -0.25) is 14.6 Å². The molecular weight excluding hydrogens is 360 g/mol. The van der Waals surface area contributed by atoms with E-state index in [0.29, 0.717) is 11.3 Å². The molecule has 0 spiro atoms. The van der Waals surface area contributed by atoms with Crippen molar-refractivity contribution in [2.24, 2.45) is 0 Å². The lowest BCUT2D eigenvalue weighted by Gasteiger charge is -2.37. The summed E-state index contributed by atoms with van der Waals surface area (Å²) in [4.78, 5) is 17.2. The van der Waals surface area contributed by atoms with Crippen molar-refractivity contribution in [1.82, 2.24) is 9.80 Å². The van der Waals surface area contributed by atoms with Gasteiger partial charge in [0.2, 0.25) is 5.91 Å². The first-order valence-corrected chi connectivity index (χ1v) is 9.45. The van der Waals surface area contributed by atoms with E-state index in [9.17, 15) is 4.79 Å². The number of rotatable bonds is 5. The summed E-state index contributed by atoms with van der Waals surface area (Å²) in [6, 6.07) is 16.9. The monoisotopic (exact) mass is 382 g/mol. The van der Waals surface area contributed by atoms with Crippen LogP contribution in [0.25, 0.3) is 0 Å². The largest absolute Gasteiger partial charge is 0.324 e. The second-order valence-corrected chi connectivity index (χ2v) is 7.20. The van der Waals surface area contributed by atoms with Gasteiger partial charge >= 0.3 is 0 Å². The summed E-state index contributed by atoms with van der Waals surface area (Å²) in [5, 5.41) is 12.8. The van der Waals surface area contributed by atoms with Crippen LogP contribution in [-0.2, 0) is 11.3 Å². The highest BCUT2D eigenvalue weighted by Crippen LogP contribution is 2.16. The van der Waals surface area contributed by atoms with Crippen LogP contribution >= 0.6 is 11.6 Å². The van der Waals surface area contributed by atoms with Gasteiger partial charge in [-0.05, 0) is 36.8 Å². The molecule has 27 heavy (non-hydrogen) atoms. The Morgan fingerprint density at radius 1 is 1.15 bits per heavy atom. The molecule has 1 amide bonds. The molecule has 2 aromatic carbocycles. The van der Waals surface area contributed by atoms with Crippen molar-refractivity contribution in [2.75, 3.05) is 31.5 Å². The molecule has 140 valence electrons. The van der Waals surface area contributed by atoms with E-state index in [4.69, 9.17) is 16.9 Å². The minimum Gasteiger partial charge on any atom is -0.324 e. The first-order valence-electron chi connectivity index (χ1n) is 9.07. The predicted octanol–water partition coefficient (Wildman–Crippen LogP) is 3.36. The Bertz CT molecular complexity index is 823. The molecule has 0 radical (unpaired) electrons. The highest BCUT2D eigenvalue weighted by atomic mass is 35.5. The number of nitrogens with zero attached hydrogens (tertiary/aromatic N) is 3. The molecule has 1 fully saturated rings. The van der Waals surface area contributed by atoms with Crippen LogP contribution in [0.15, 0.2) is 48.5 Å². The molecule has 0 saturated carbocycles. The van der Waals surface area contributed by atoms with Crippen LogP contribution in [-0.4, -0.2) is 47.9 Å². The Balaban J connectivity index is 1.52. The Kier molecular flexibility index (Phi) is 6.46. The molecular formula is C21H23ClN4O. The second-order valence-electron chi connectivity index (χ2n) is 6.76. The average molecular weight is 383 g/mol. The van der Waals surface area contributed by atoms with E-state index in [2.05, 4.69) is 33.3 Å². The maximum absolute atomic E-state index is 12.6. The van der Waals surface area contributed by atoms with Gasteiger partial charge in [0, 0.05) is 37.7 Å².